The molecule has 32 heavy (non-hydrogen) atoms. The van der Waals surface area contributed by atoms with E-state index in [1.54, 1.807) is 29.8 Å². The van der Waals surface area contributed by atoms with Gasteiger partial charge < -0.3 is 20.7 Å². The van der Waals surface area contributed by atoms with Gasteiger partial charge in [0.2, 0.25) is 0 Å². The molecule has 0 unspecified atom stereocenters. The largest absolute Gasteiger partial charge is 0.387 e. The Balaban J connectivity index is 1.44. The number of ether oxygens (including phenoxy) is 1. The number of aryl methyl sites for hydroxylation is 1. The number of benzene rings is 1. The van der Waals surface area contributed by atoms with Crippen molar-refractivity contribution in [1.29, 1.82) is 0 Å². The number of nitrogens with one attached hydrogen (secondary N) is 1. The van der Waals surface area contributed by atoms with Crippen molar-refractivity contribution in [3.63, 3.8) is 0 Å². The van der Waals surface area contributed by atoms with Gasteiger partial charge in [-0.15, -0.1) is 0 Å². The van der Waals surface area contributed by atoms with Crippen molar-refractivity contribution < 1.29 is 32.3 Å². The van der Waals surface area contributed by atoms with Crippen LogP contribution in [0.25, 0.3) is 11.2 Å². The summed E-state index contributed by atoms with van der Waals surface area (Å²) in [5.41, 5.74) is 7.03. The molecule has 0 bridgehead atoms. The second-order valence-electron chi connectivity index (χ2n) is 7.11. The van der Waals surface area contributed by atoms with Gasteiger partial charge in [0.1, 0.15) is 30.2 Å². The summed E-state index contributed by atoms with van der Waals surface area (Å²) in [4.78, 5) is 24.2. The molecule has 4 rings (SSSR count). The Kier molecular flexibility index (Phi) is 5.79. The zero-order valence-corrected chi connectivity index (χ0v) is 17.5. The van der Waals surface area contributed by atoms with E-state index in [0.717, 1.165) is 0 Å². The molecule has 0 saturated carbocycles. The van der Waals surface area contributed by atoms with Crippen molar-refractivity contribution in [3.8, 4) is 0 Å². The summed E-state index contributed by atoms with van der Waals surface area (Å²) in [6.07, 6.45) is -2.78. The third-order valence-corrected chi connectivity index (χ3v) is 5.88. The number of nitrogens with zero attached hydrogens (tertiary/aromatic N) is 4. The zero-order valence-electron chi connectivity index (χ0n) is 16.7. The maximum absolute atomic E-state index is 12.2. The summed E-state index contributed by atoms with van der Waals surface area (Å²) in [5.74, 6) is -0.742. The summed E-state index contributed by atoms with van der Waals surface area (Å²) in [6, 6.07) is 6.43. The first-order valence-electron chi connectivity index (χ1n) is 9.39. The Morgan fingerprint density at radius 1 is 1.25 bits per heavy atom. The van der Waals surface area contributed by atoms with E-state index in [1.807, 2.05) is 0 Å². The number of amides is 1. The summed E-state index contributed by atoms with van der Waals surface area (Å²) < 4.78 is 37.9. The molecule has 1 aromatic carbocycles. The second kappa shape index (κ2) is 8.40. The number of carbonyl (C=O) groups is 1. The Morgan fingerprint density at radius 2 is 2.00 bits per heavy atom. The molecule has 14 heteroatoms. The van der Waals surface area contributed by atoms with Crippen LogP contribution in [0.15, 0.2) is 36.9 Å². The fourth-order valence-corrected chi connectivity index (χ4v) is 4.04. The Morgan fingerprint density at radius 3 is 2.75 bits per heavy atom. The van der Waals surface area contributed by atoms with Crippen molar-refractivity contribution >= 4 is 33.2 Å². The van der Waals surface area contributed by atoms with Crippen LogP contribution >= 0.6 is 0 Å². The molecule has 0 radical (unpaired) electrons. The molecule has 5 N–H and O–H groups in total. The summed E-state index contributed by atoms with van der Waals surface area (Å²) in [7, 11) is -4.51. The topological polar surface area (TPSA) is 192 Å². The van der Waals surface area contributed by atoms with Crippen LogP contribution in [0.3, 0.4) is 0 Å². The van der Waals surface area contributed by atoms with Crippen LogP contribution < -0.4 is 10.5 Å². The van der Waals surface area contributed by atoms with E-state index in [4.69, 9.17) is 14.7 Å². The highest BCUT2D eigenvalue weighted by atomic mass is 32.2. The Bertz CT molecular complexity index is 1260. The summed E-state index contributed by atoms with van der Waals surface area (Å²) in [6.45, 7) is 1.000. The van der Waals surface area contributed by atoms with Crippen molar-refractivity contribution in [1.82, 2.24) is 24.2 Å². The number of aliphatic hydroxyl groups is 2. The van der Waals surface area contributed by atoms with Crippen molar-refractivity contribution in [2.75, 3.05) is 12.3 Å². The number of nitrogens with two attached hydrogens (primary N) is 1. The first kappa shape index (κ1) is 22.0. The molecule has 2 aromatic heterocycles. The van der Waals surface area contributed by atoms with Crippen LogP contribution in [-0.2, 0) is 19.2 Å². The van der Waals surface area contributed by atoms with E-state index in [2.05, 4.69) is 15.0 Å². The number of imidazole rings is 1. The molecular weight excluding hydrogens is 444 g/mol. The molecule has 0 aliphatic carbocycles. The fourth-order valence-electron chi connectivity index (χ4n) is 3.34. The lowest BCUT2D eigenvalue weighted by Crippen LogP contribution is -2.38. The minimum absolute atomic E-state index is 0.122. The first-order valence-corrected chi connectivity index (χ1v) is 10.8. The van der Waals surface area contributed by atoms with Gasteiger partial charge in [0.25, 0.3) is 5.91 Å². The molecular formula is C18H20N6O7S. The van der Waals surface area contributed by atoms with Gasteiger partial charge in [0.05, 0.1) is 12.9 Å². The molecule has 1 aliphatic rings. The lowest BCUT2D eigenvalue weighted by Gasteiger charge is -2.16. The van der Waals surface area contributed by atoms with Gasteiger partial charge in [-0.2, -0.15) is 8.42 Å². The summed E-state index contributed by atoms with van der Waals surface area (Å²) >= 11 is 0. The molecule has 3 heterocycles. The number of rotatable bonds is 6. The number of aliphatic hydroxyl groups excluding tert-OH is 2. The van der Waals surface area contributed by atoms with E-state index >= 15 is 0 Å². The monoisotopic (exact) mass is 464 g/mol. The van der Waals surface area contributed by atoms with Gasteiger partial charge in [0.15, 0.2) is 17.7 Å². The molecule has 3 aromatic rings. The third-order valence-electron chi connectivity index (χ3n) is 4.99. The lowest BCUT2D eigenvalue weighted by atomic mass is 10.1. The summed E-state index contributed by atoms with van der Waals surface area (Å²) in [5, 5.41) is 20.7. The molecule has 4 atom stereocenters. The minimum atomic E-state index is -4.51. The maximum atomic E-state index is 12.2. The zero-order chi connectivity index (χ0) is 23.0. The molecule has 1 saturated heterocycles. The predicted octanol–water partition coefficient (Wildman–Crippen LogP) is -0.972. The van der Waals surface area contributed by atoms with Crippen LogP contribution in [-0.4, -0.2) is 69.0 Å². The molecule has 13 nitrogen and oxygen atoms in total. The number of aromatic nitrogens is 4. The quantitative estimate of drug-likeness (QED) is 0.351. The lowest BCUT2D eigenvalue weighted by molar-refractivity contribution is -0.0468. The van der Waals surface area contributed by atoms with Gasteiger partial charge in [0, 0.05) is 5.56 Å². The Labute approximate surface area is 182 Å². The predicted molar refractivity (Wildman–Crippen MR) is 109 cm³/mol. The second-order valence-corrected chi connectivity index (χ2v) is 8.46. The SMILES string of the molecule is Cc1ccccc1C(=O)NS(=O)(=O)OC[C@H]1O[C@@H](n2cnc3c(N)ncnc32)[C@H](O)[C@@H]1O. The molecule has 1 fully saturated rings. The van der Waals surface area contributed by atoms with Gasteiger partial charge >= 0.3 is 10.3 Å². The van der Waals surface area contributed by atoms with Crippen molar-refractivity contribution in [2.45, 2.75) is 31.5 Å². The highest BCUT2D eigenvalue weighted by molar-refractivity contribution is 7.85. The third kappa shape index (κ3) is 4.13. The van der Waals surface area contributed by atoms with Gasteiger partial charge in [-0.05, 0) is 18.6 Å². The van der Waals surface area contributed by atoms with Crippen LogP contribution in [0.2, 0.25) is 0 Å². The van der Waals surface area contributed by atoms with E-state index in [-0.39, 0.29) is 22.5 Å². The Hall–Kier alpha value is -3.17. The van der Waals surface area contributed by atoms with E-state index in [9.17, 15) is 23.4 Å². The van der Waals surface area contributed by atoms with E-state index in [1.165, 1.54) is 23.3 Å². The molecule has 0 spiro atoms. The number of carbonyl (C=O) groups excluding carboxylic acids is 1. The molecule has 1 aliphatic heterocycles. The molecule has 1 amide bonds. The number of anilines is 1. The minimum Gasteiger partial charge on any atom is -0.387 e. The number of fused-ring (bicyclic) bond motifs is 1. The van der Waals surface area contributed by atoms with Crippen LogP contribution in [0.1, 0.15) is 22.1 Å². The van der Waals surface area contributed by atoms with E-state index < -0.39 is 47.4 Å². The van der Waals surface area contributed by atoms with Crippen LogP contribution in [0.4, 0.5) is 5.82 Å². The average molecular weight is 464 g/mol. The number of hydrogen-bond acceptors (Lipinski definition) is 11. The highest BCUT2D eigenvalue weighted by Gasteiger charge is 2.45. The molecule has 170 valence electrons. The van der Waals surface area contributed by atoms with Crippen LogP contribution in [0, 0.1) is 6.92 Å². The number of nitrogen functional groups attached to an aromatic ring is 1. The normalized spacial score (nSPS) is 23.5. The van der Waals surface area contributed by atoms with Crippen molar-refractivity contribution in [3.05, 3.63) is 48.0 Å². The standard InChI is InChI=1S/C18H20N6O7S/c1-9-4-2-3-5-10(9)17(27)23-32(28,29)30-6-11-13(25)14(26)18(31-11)24-8-22-12-15(19)20-7-21-16(12)24/h2-5,7-8,11,13-14,18,25-26H,6H2,1H3,(H,23,27)(H2,19,20,21)/t11-,13-,14-,18-/m1/s1. The smallest absolute Gasteiger partial charge is 0.362 e. The average Bonchev–Trinajstić information content (AvgIpc) is 3.29. The first-order chi connectivity index (χ1) is 15.2. The van der Waals surface area contributed by atoms with Crippen molar-refractivity contribution in [2.24, 2.45) is 0 Å². The highest BCUT2D eigenvalue weighted by Crippen LogP contribution is 2.32. The fraction of sp³-hybridized carbons (Fsp3) is 0.333. The number of hydrogen-bond donors (Lipinski definition) is 4. The maximum Gasteiger partial charge on any atom is 0.362 e. The van der Waals surface area contributed by atoms with Gasteiger partial charge in [-0.1, -0.05) is 18.2 Å². The van der Waals surface area contributed by atoms with Gasteiger partial charge in [-0.25, -0.2) is 19.7 Å². The van der Waals surface area contributed by atoms with Gasteiger partial charge in [-0.3, -0.25) is 13.5 Å². The van der Waals surface area contributed by atoms with E-state index in [0.29, 0.717) is 5.56 Å². The van der Waals surface area contributed by atoms with Crippen LogP contribution in [0.5, 0.6) is 0 Å².